The van der Waals surface area contributed by atoms with E-state index in [0.717, 1.165) is 38.8 Å². The number of benzene rings is 2. The number of piperidine rings is 1. The van der Waals surface area contributed by atoms with Gasteiger partial charge in [-0.15, -0.1) is 0 Å². The van der Waals surface area contributed by atoms with Crippen LogP contribution in [0.15, 0.2) is 48.5 Å². The number of rotatable bonds is 2. The second-order valence-corrected chi connectivity index (χ2v) is 22.8. The minimum Gasteiger partial charge on any atom is -0.326 e. The van der Waals surface area contributed by atoms with Crippen LogP contribution >= 0.6 is 0 Å². The van der Waals surface area contributed by atoms with E-state index in [1.807, 2.05) is 0 Å². The molecule has 0 spiro atoms. The zero-order valence-electron chi connectivity index (χ0n) is 42.8. The smallest absolute Gasteiger partial charge is 0.136 e. The maximum Gasteiger partial charge on any atom is 0.136 e. The Morgan fingerprint density at radius 2 is 0.950 bits per heavy atom. The average Bonchev–Trinajstić information content (AvgIpc) is 3.69. The van der Waals surface area contributed by atoms with E-state index < -0.39 is 0 Å². The second-order valence-electron chi connectivity index (χ2n) is 22.8. The number of para-hydroxylation sites is 1. The topological polar surface area (TPSA) is 6.48 Å². The lowest BCUT2D eigenvalue weighted by Crippen LogP contribution is -2.56. The van der Waals surface area contributed by atoms with Crippen molar-refractivity contribution in [2.75, 3.05) is 109 Å². The minimum absolute atomic E-state index is 0. The SMILES string of the molecule is C.CC(C)C.CC(C)C.CC(C)[N+]1(C)CCN(C)CCN(C)CC1.CC(C)[N+]1(C)CCc2ccccc21.C[N+]1(C)CCCC2CCCCC21.C[N+]1(C)Cc2ccccc2C1. The molecule has 348 valence electrons. The molecule has 3 atom stereocenters. The first kappa shape index (κ1) is 56.2. The molecule has 1 aliphatic carbocycles. The van der Waals surface area contributed by atoms with Crippen molar-refractivity contribution in [2.24, 2.45) is 17.8 Å². The highest BCUT2D eigenvalue weighted by molar-refractivity contribution is 5.54. The molecule has 0 bridgehead atoms. The number of hydrogen-bond acceptors (Lipinski definition) is 2. The Balaban J connectivity index is 0.000000376. The summed E-state index contributed by atoms with van der Waals surface area (Å²) >= 11 is 0. The largest absolute Gasteiger partial charge is 0.326 e. The lowest BCUT2D eigenvalue weighted by atomic mass is 9.77. The number of likely N-dealkylation sites (N-methyl/N-ethyl adjacent to an activating group) is 4. The van der Waals surface area contributed by atoms with Gasteiger partial charge in [-0.2, -0.15) is 0 Å². The number of fused-ring (bicyclic) bond motifs is 3. The van der Waals surface area contributed by atoms with Crippen molar-refractivity contribution in [1.82, 2.24) is 14.3 Å². The van der Waals surface area contributed by atoms with Gasteiger partial charge in [-0.25, -0.2) is 0 Å². The number of nitrogens with zero attached hydrogens (tertiary/aromatic N) is 6. The number of quaternary nitrogens is 4. The maximum atomic E-state index is 2.46. The summed E-state index contributed by atoms with van der Waals surface area (Å²) in [6.07, 6.45) is 10.2. The summed E-state index contributed by atoms with van der Waals surface area (Å²) in [5, 5.41) is 0. The molecular formula is C54H106N6+4. The van der Waals surface area contributed by atoms with Crippen LogP contribution in [0.25, 0.3) is 0 Å². The fourth-order valence-electron chi connectivity index (χ4n) is 9.44. The van der Waals surface area contributed by atoms with Gasteiger partial charge in [-0.1, -0.05) is 97.9 Å². The summed E-state index contributed by atoms with van der Waals surface area (Å²) in [6.45, 7) is 34.8. The summed E-state index contributed by atoms with van der Waals surface area (Å²) in [5.41, 5.74) is 6.12. The zero-order valence-corrected chi connectivity index (χ0v) is 42.8. The predicted octanol–water partition coefficient (Wildman–Crippen LogP) is 11.5. The summed E-state index contributed by atoms with van der Waals surface area (Å²) < 4.78 is 4.73. The van der Waals surface area contributed by atoms with Crippen molar-refractivity contribution in [1.29, 1.82) is 0 Å². The molecule has 1 saturated carbocycles. The Morgan fingerprint density at radius 1 is 0.517 bits per heavy atom. The molecule has 60 heavy (non-hydrogen) atoms. The van der Waals surface area contributed by atoms with Gasteiger partial charge < -0.3 is 13.4 Å². The monoisotopic (exact) mass is 839 g/mol. The van der Waals surface area contributed by atoms with Gasteiger partial charge in [0, 0.05) is 55.2 Å². The van der Waals surface area contributed by atoms with Gasteiger partial charge in [0.05, 0.1) is 86.6 Å². The van der Waals surface area contributed by atoms with Gasteiger partial charge >= 0.3 is 0 Å². The van der Waals surface area contributed by atoms with Crippen molar-refractivity contribution in [2.45, 2.75) is 153 Å². The third-order valence-electron chi connectivity index (χ3n) is 14.0. The lowest BCUT2D eigenvalue weighted by molar-refractivity contribution is -0.928. The summed E-state index contributed by atoms with van der Waals surface area (Å²) in [7, 11) is 18.6. The molecule has 7 rings (SSSR count). The molecule has 2 saturated heterocycles. The number of hydrogen-bond donors (Lipinski definition) is 0. The molecule has 2 aromatic carbocycles. The molecule has 0 aromatic heterocycles. The van der Waals surface area contributed by atoms with Gasteiger partial charge in [-0.3, -0.25) is 14.3 Å². The van der Waals surface area contributed by atoms with E-state index in [0.29, 0.717) is 6.04 Å². The van der Waals surface area contributed by atoms with Crippen LogP contribution in [0.1, 0.15) is 132 Å². The van der Waals surface area contributed by atoms with Crippen LogP contribution in [0.4, 0.5) is 5.69 Å². The quantitative estimate of drug-likeness (QED) is 0.278. The molecular weight excluding hydrogens is 733 g/mol. The Bertz CT molecular complexity index is 1390. The molecule has 4 heterocycles. The molecule has 0 radical (unpaired) electrons. The Labute approximate surface area is 376 Å². The molecule has 0 N–H and O–H groups in total. The molecule has 3 unspecified atom stereocenters. The third-order valence-corrected chi connectivity index (χ3v) is 14.0. The van der Waals surface area contributed by atoms with E-state index in [4.69, 9.17) is 0 Å². The van der Waals surface area contributed by atoms with E-state index in [-0.39, 0.29) is 7.43 Å². The van der Waals surface area contributed by atoms with E-state index in [1.54, 1.807) is 5.56 Å². The van der Waals surface area contributed by atoms with Crippen LogP contribution in [-0.4, -0.2) is 150 Å². The highest BCUT2D eigenvalue weighted by Gasteiger charge is 2.40. The first-order valence-corrected chi connectivity index (χ1v) is 24.3. The standard InChI is InChI=1S/C12H28N3.C12H18N.C11H22N.C10H14N.2C4H10.CH4/c1-12(2)15(5)10-8-13(3)6-7-14(4)9-11-15;1-10(2)13(3)9-8-11-6-4-5-7-12(11)13;1-12(2)9-5-7-10-6-3-4-8-11(10)12;1-11(2)7-9-5-3-4-6-10(9)8-11;2*1-4(2)3;/h12H,6-11H2,1-5H3;4-7,10H,8-9H2,1-3H3;10-11H,3-9H2,1-2H3;3-6H,7-8H2,1-2H3;2*4H,1-3H3;1H4/q4*+1;;;. The molecule has 6 heteroatoms. The lowest BCUT2D eigenvalue weighted by Gasteiger charge is -2.48. The fourth-order valence-corrected chi connectivity index (χ4v) is 9.44. The van der Waals surface area contributed by atoms with Gasteiger partial charge in [0.15, 0.2) is 0 Å². The van der Waals surface area contributed by atoms with Crippen molar-refractivity contribution >= 4 is 5.69 Å². The number of likely N-dealkylation sites (tertiary alicyclic amines) is 1. The third kappa shape index (κ3) is 18.9. The fraction of sp³-hybridized carbons (Fsp3) is 0.778. The summed E-state index contributed by atoms with van der Waals surface area (Å²) in [5.74, 6) is 2.74. The Hall–Kier alpha value is -1.80. The van der Waals surface area contributed by atoms with Crippen LogP contribution < -0.4 is 4.48 Å². The van der Waals surface area contributed by atoms with Crippen molar-refractivity contribution in [3.63, 3.8) is 0 Å². The van der Waals surface area contributed by atoms with Crippen LogP contribution in [0.3, 0.4) is 0 Å². The predicted molar refractivity (Wildman–Crippen MR) is 270 cm³/mol. The molecule has 2 aromatic rings. The van der Waals surface area contributed by atoms with Crippen LogP contribution in [0.2, 0.25) is 0 Å². The van der Waals surface area contributed by atoms with Crippen LogP contribution in [0, 0.1) is 17.8 Å². The van der Waals surface area contributed by atoms with Gasteiger partial charge in [0.1, 0.15) is 18.8 Å². The normalized spacial score (nSPS) is 25.2. The van der Waals surface area contributed by atoms with Crippen molar-refractivity contribution < 1.29 is 13.4 Å². The van der Waals surface area contributed by atoms with Crippen molar-refractivity contribution in [3.8, 4) is 0 Å². The molecule has 0 amide bonds. The Kier molecular flexibility index (Phi) is 24.5. The van der Waals surface area contributed by atoms with Gasteiger partial charge in [0.2, 0.25) is 0 Å². The van der Waals surface area contributed by atoms with E-state index in [9.17, 15) is 0 Å². The molecule has 3 fully saturated rings. The second kappa shape index (κ2) is 26.1. The van der Waals surface area contributed by atoms with Crippen molar-refractivity contribution in [3.05, 3.63) is 65.2 Å². The minimum atomic E-state index is 0. The van der Waals surface area contributed by atoms with E-state index in [1.165, 1.54) is 136 Å². The summed E-state index contributed by atoms with van der Waals surface area (Å²) in [6, 6.07) is 20.0. The van der Waals surface area contributed by atoms with Gasteiger partial charge in [0.25, 0.3) is 0 Å². The summed E-state index contributed by atoms with van der Waals surface area (Å²) in [4.78, 5) is 4.92. The Morgan fingerprint density at radius 3 is 1.40 bits per heavy atom. The van der Waals surface area contributed by atoms with E-state index in [2.05, 4.69) is 184 Å². The zero-order chi connectivity index (χ0) is 44.6. The average molecular weight is 839 g/mol. The molecule has 4 aliphatic heterocycles. The maximum absolute atomic E-state index is 2.46. The first-order chi connectivity index (χ1) is 27.4. The molecule has 6 nitrogen and oxygen atoms in total. The van der Waals surface area contributed by atoms with Crippen LogP contribution in [0.5, 0.6) is 0 Å². The first-order valence-electron chi connectivity index (χ1n) is 24.3. The van der Waals surface area contributed by atoms with E-state index >= 15 is 0 Å². The van der Waals surface area contributed by atoms with Gasteiger partial charge in [-0.05, 0) is 91.8 Å². The molecule has 5 aliphatic rings. The highest BCUT2D eigenvalue weighted by Crippen LogP contribution is 2.38. The van der Waals surface area contributed by atoms with Crippen LogP contribution in [-0.2, 0) is 19.5 Å². The highest BCUT2D eigenvalue weighted by atomic mass is 15.4.